The number of ketones is 1. The Morgan fingerprint density at radius 3 is 0.645 bits per heavy atom. The van der Waals surface area contributed by atoms with Gasteiger partial charge in [-0.05, 0) is 125 Å². The van der Waals surface area contributed by atoms with Crippen molar-refractivity contribution in [2.75, 3.05) is 0 Å². The third kappa shape index (κ3) is 9.59. The van der Waals surface area contributed by atoms with E-state index in [-0.39, 0.29) is 30.6 Å². The quantitative estimate of drug-likeness (QED) is 0.113. The van der Waals surface area contributed by atoms with E-state index in [0.717, 1.165) is 12.3 Å². The molecule has 0 N–H and O–H groups in total. The van der Waals surface area contributed by atoms with Crippen LogP contribution in [0.3, 0.4) is 0 Å². The van der Waals surface area contributed by atoms with Gasteiger partial charge in [0.25, 0.3) is 0 Å². The van der Waals surface area contributed by atoms with Crippen molar-refractivity contribution in [1.29, 1.82) is 0 Å². The Kier molecular flexibility index (Phi) is 14.9. The molecule has 0 amide bonds. The number of carbonyl (C=O) groups is 1. The Bertz CT molecular complexity index is 2290. The number of rotatable bonds is 12. The summed E-state index contributed by atoms with van der Waals surface area (Å²) in [6, 6.07) is 71.8. The Hall–Kier alpha value is -5.13. The van der Waals surface area contributed by atoms with Gasteiger partial charge in [0.2, 0.25) is 0 Å². The fourth-order valence-electron chi connectivity index (χ4n) is 8.48. The smallest absolute Gasteiger partial charge is 0.193 e. The van der Waals surface area contributed by atoms with Crippen molar-refractivity contribution in [3.63, 3.8) is 0 Å². The summed E-state index contributed by atoms with van der Waals surface area (Å²) in [7, 11) is -4.22. The number of halogens is 2. The number of hydrogen-bond donors (Lipinski definition) is 0. The number of aryl methyl sites for hydroxylation is 6. The average molecular weight is 888 g/mol. The molecule has 8 aromatic carbocycles. The maximum atomic E-state index is 14.2. The summed E-state index contributed by atoms with van der Waals surface area (Å²) in [4.78, 5) is 14.2. The van der Waals surface area contributed by atoms with Crippen LogP contribution in [0.15, 0.2) is 194 Å². The highest BCUT2D eigenvalue weighted by Crippen LogP contribution is 2.59. The molecule has 0 radical (unpaired) electrons. The molecular weight excluding hydrogens is 833 g/mol. The summed E-state index contributed by atoms with van der Waals surface area (Å²) in [5.74, 6) is 0.0430. The fourth-order valence-corrected chi connectivity index (χ4v) is 16.8. The Morgan fingerprint density at radius 2 is 0.468 bits per heavy atom. The van der Waals surface area contributed by atoms with Gasteiger partial charge in [-0.15, -0.1) is 0 Å². The van der Waals surface area contributed by atoms with Crippen molar-refractivity contribution < 1.29 is 29.6 Å². The summed E-state index contributed by atoms with van der Waals surface area (Å²) in [6.07, 6.45) is 1.72. The number of benzene rings is 8. The highest BCUT2D eigenvalue weighted by Gasteiger charge is 2.47. The SMILES string of the molecule is Cc1ccc([P+](Cc2ccc(C(=O)c3ccc(C[P+](c4ccc(C)cc4)(c4ccc(C)cc4)c4ccc(C)cc4)cc3)cc2)(c2ccc(C)cc2)c2ccc(C)cc2)cc1.[Cl-].[Cl-]. The Labute approximate surface area is 383 Å². The Morgan fingerprint density at radius 1 is 0.290 bits per heavy atom. The molecule has 0 unspecified atom stereocenters. The summed E-state index contributed by atoms with van der Waals surface area (Å²) >= 11 is 0. The van der Waals surface area contributed by atoms with E-state index >= 15 is 0 Å². The molecule has 1 nitrogen and oxygen atoms in total. The monoisotopic (exact) mass is 886 g/mol. The molecule has 0 aliphatic heterocycles. The van der Waals surface area contributed by atoms with E-state index in [0.29, 0.717) is 11.1 Å². The van der Waals surface area contributed by atoms with Crippen LogP contribution in [0.25, 0.3) is 0 Å². The van der Waals surface area contributed by atoms with Crippen molar-refractivity contribution in [3.8, 4) is 0 Å². The second-order valence-corrected chi connectivity index (χ2v) is 23.6. The van der Waals surface area contributed by atoms with Crippen molar-refractivity contribution in [2.24, 2.45) is 0 Å². The first kappa shape index (κ1) is 46.4. The summed E-state index contributed by atoms with van der Waals surface area (Å²) in [5, 5.41) is 8.16. The second-order valence-electron chi connectivity index (χ2n) is 16.7. The summed E-state index contributed by atoms with van der Waals surface area (Å²) < 4.78 is 0. The van der Waals surface area contributed by atoms with Gasteiger partial charge in [0.15, 0.2) is 5.78 Å². The second kappa shape index (κ2) is 19.9. The van der Waals surface area contributed by atoms with E-state index in [9.17, 15) is 4.79 Å². The van der Waals surface area contributed by atoms with E-state index in [1.807, 2.05) is 24.3 Å². The third-order valence-electron chi connectivity index (χ3n) is 12.1. The first-order valence-electron chi connectivity index (χ1n) is 21.0. The minimum absolute atomic E-state index is 0. The first-order valence-corrected chi connectivity index (χ1v) is 24.9. The zero-order chi connectivity index (χ0) is 41.9. The number of hydrogen-bond acceptors (Lipinski definition) is 1. The number of carbonyl (C=O) groups excluding carboxylic acids is 1. The first-order chi connectivity index (χ1) is 29.0. The lowest BCUT2D eigenvalue weighted by Crippen LogP contribution is -3.00. The van der Waals surface area contributed by atoms with E-state index in [2.05, 4.69) is 211 Å². The predicted molar refractivity (Wildman–Crippen MR) is 262 cm³/mol. The van der Waals surface area contributed by atoms with E-state index in [4.69, 9.17) is 0 Å². The molecule has 0 saturated heterocycles. The van der Waals surface area contributed by atoms with Crippen LogP contribution in [0.4, 0.5) is 0 Å². The van der Waals surface area contributed by atoms with Crippen LogP contribution < -0.4 is 56.6 Å². The van der Waals surface area contributed by atoms with Gasteiger partial charge in [-0.3, -0.25) is 4.79 Å². The molecule has 0 saturated carbocycles. The highest BCUT2D eigenvalue weighted by atomic mass is 35.5. The van der Waals surface area contributed by atoms with Crippen molar-refractivity contribution in [3.05, 3.63) is 250 Å². The minimum atomic E-state index is -2.11. The maximum Gasteiger partial charge on any atom is 0.193 e. The maximum absolute atomic E-state index is 14.2. The highest BCUT2D eigenvalue weighted by molar-refractivity contribution is 7.95. The molecule has 0 aliphatic rings. The normalized spacial score (nSPS) is 11.3. The molecule has 62 heavy (non-hydrogen) atoms. The van der Waals surface area contributed by atoms with Gasteiger partial charge >= 0.3 is 0 Å². The van der Waals surface area contributed by atoms with Crippen LogP contribution in [-0.2, 0) is 12.3 Å². The molecule has 8 rings (SSSR count). The average Bonchev–Trinajstić information content (AvgIpc) is 3.27. The molecule has 0 spiro atoms. The molecule has 0 atom stereocenters. The van der Waals surface area contributed by atoms with Crippen molar-refractivity contribution in [1.82, 2.24) is 0 Å². The minimum Gasteiger partial charge on any atom is -1.00 e. The summed E-state index contributed by atoms with van der Waals surface area (Å²) in [6.45, 7) is 12.9. The van der Waals surface area contributed by atoms with Gasteiger partial charge in [-0.2, -0.15) is 0 Å². The fraction of sp³-hybridized carbons (Fsp3) is 0.140. The molecule has 0 bridgehead atoms. The van der Waals surface area contributed by atoms with E-state index < -0.39 is 14.5 Å². The molecule has 5 heteroatoms. The van der Waals surface area contributed by atoms with Crippen molar-refractivity contribution >= 4 is 52.1 Å². The van der Waals surface area contributed by atoms with E-state index in [1.165, 1.54) is 76.3 Å². The van der Waals surface area contributed by atoms with Crippen LogP contribution >= 0.6 is 14.5 Å². The molecule has 0 fully saturated rings. The van der Waals surface area contributed by atoms with Crippen LogP contribution in [0, 0.1) is 41.5 Å². The van der Waals surface area contributed by atoms with Crippen LogP contribution in [0.1, 0.15) is 60.4 Å². The lowest BCUT2D eigenvalue weighted by molar-refractivity contribution is -0.001000. The molecule has 0 heterocycles. The lowest BCUT2D eigenvalue weighted by atomic mass is 10.0. The zero-order valence-electron chi connectivity index (χ0n) is 36.4. The third-order valence-corrected chi connectivity index (χ3v) is 20.9. The lowest BCUT2D eigenvalue weighted by Gasteiger charge is -2.28. The molecule has 0 aromatic heterocycles. The standard InChI is InChI=1S/C57H54OP2.2ClH/c1-41-7-27-51(28-8-41)59(52-29-9-42(2)10-30-52,53-31-11-43(3)12-32-53)39-47-19-23-49(24-20-47)57(58)50-25-21-48(22-26-50)40-60(54-33-13-44(4)14-34-54,55-35-15-45(5)16-36-55)56-37-17-46(6)18-38-56;;/h7-38H,39-40H2,1-6H3;2*1H/q+2;;/p-2. The van der Waals surface area contributed by atoms with E-state index in [1.54, 1.807) is 0 Å². The molecule has 312 valence electrons. The van der Waals surface area contributed by atoms with Gasteiger partial charge in [0, 0.05) is 11.1 Å². The van der Waals surface area contributed by atoms with Gasteiger partial charge in [0.05, 0.1) is 12.3 Å². The Balaban J connectivity index is 0.00000321. The van der Waals surface area contributed by atoms with Crippen molar-refractivity contribution in [2.45, 2.75) is 53.9 Å². The van der Waals surface area contributed by atoms with Gasteiger partial charge in [-0.25, -0.2) is 0 Å². The van der Waals surface area contributed by atoms with Gasteiger partial charge in [0.1, 0.15) is 46.4 Å². The summed E-state index contributed by atoms with van der Waals surface area (Å²) in [5.41, 5.74) is 11.4. The topological polar surface area (TPSA) is 17.1 Å². The van der Waals surface area contributed by atoms with Crippen LogP contribution in [-0.4, -0.2) is 5.78 Å². The van der Waals surface area contributed by atoms with Crippen LogP contribution in [0.5, 0.6) is 0 Å². The van der Waals surface area contributed by atoms with Crippen LogP contribution in [0.2, 0.25) is 0 Å². The largest absolute Gasteiger partial charge is 1.00 e. The molecule has 0 aliphatic carbocycles. The van der Waals surface area contributed by atoms with Gasteiger partial charge in [-0.1, -0.05) is 155 Å². The molecule has 8 aromatic rings. The van der Waals surface area contributed by atoms with Gasteiger partial charge < -0.3 is 24.8 Å². The predicted octanol–water partition coefficient (Wildman–Crippen LogP) is 5.76. The molecular formula is C57H54Cl2OP2. The zero-order valence-corrected chi connectivity index (χ0v) is 39.7.